The van der Waals surface area contributed by atoms with Crippen LogP contribution in [0, 0.1) is 0 Å². The number of rotatable bonds is 5. The average molecular weight is 298 g/mol. The first-order valence-electron chi connectivity index (χ1n) is 7.27. The van der Waals surface area contributed by atoms with Crippen molar-refractivity contribution >= 4 is 11.6 Å². The third-order valence-corrected chi connectivity index (χ3v) is 3.46. The van der Waals surface area contributed by atoms with Crippen molar-refractivity contribution in [3.63, 3.8) is 0 Å². The molecular formula is C15H18N6O. The van der Waals surface area contributed by atoms with Crippen molar-refractivity contribution in [1.82, 2.24) is 29.7 Å². The van der Waals surface area contributed by atoms with E-state index in [1.54, 1.807) is 28.6 Å². The summed E-state index contributed by atoms with van der Waals surface area (Å²) in [5.74, 6) is -0.146. The molecule has 3 rings (SSSR count). The first-order valence-corrected chi connectivity index (χ1v) is 7.27. The van der Waals surface area contributed by atoms with Crippen LogP contribution in [-0.4, -0.2) is 30.3 Å². The highest BCUT2D eigenvalue weighted by Gasteiger charge is 2.14. The molecule has 3 heterocycles. The fraction of sp³-hybridized carbons (Fsp3) is 0.333. The monoisotopic (exact) mass is 298 g/mol. The maximum absolute atomic E-state index is 12.3. The molecule has 0 saturated heterocycles. The van der Waals surface area contributed by atoms with E-state index >= 15 is 0 Å². The Hall–Kier alpha value is -2.70. The molecular weight excluding hydrogens is 280 g/mol. The Labute approximate surface area is 128 Å². The number of aromatic nitrogens is 5. The molecule has 7 heteroatoms. The summed E-state index contributed by atoms with van der Waals surface area (Å²) in [5, 5.41) is 11.4. The zero-order valence-corrected chi connectivity index (χ0v) is 12.7. The van der Waals surface area contributed by atoms with Crippen LogP contribution >= 0.6 is 0 Å². The molecule has 7 nitrogen and oxygen atoms in total. The number of amides is 1. The maximum Gasteiger partial charge on any atom is 0.269 e. The second-order valence-corrected chi connectivity index (χ2v) is 5.13. The Morgan fingerprint density at radius 1 is 1.41 bits per heavy atom. The summed E-state index contributed by atoms with van der Waals surface area (Å²) >= 11 is 0. The molecule has 1 N–H and O–H groups in total. The molecule has 0 saturated carbocycles. The Morgan fingerprint density at radius 3 is 3.09 bits per heavy atom. The largest absolute Gasteiger partial charge is 0.346 e. The molecule has 0 spiro atoms. The normalized spacial score (nSPS) is 11.0. The van der Waals surface area contributed by atoms with Gasteiger partial charge in [-0.2, -0.15) is 10.2 Å². The van der Waals surface area contributed by atoms with Crippen LogP contribution in [0.15, 0.2) is 30.7 Å². The van der Waals surface area contributed by atoms with Gasteiger partial charge in [-0.1, -0.05) is 13.3 Å². The highest BCUT2D eigenvalue weighted by molar-refractivity contribution is 5.92. The quantitative estimate of drug-likeness (QED) is 0.771. The highest BCUT2D eigenvalue weighted by Crippen LogP contribution is 2.08. The summed E-state index contributed by atoms with van der Waals surface area (Å²) in [6, 6.07) is 3.65. The summed E-state index contributed by atoms with van der Waals surface area (Å²) in [4.78, 5) is 16.6. The number of nitrogens with zero attached hydrogens (tertiary/aromatic N) is 5. The van der Waals surface area contributed by atoms with Crippen LogP contribution in [0.2, 0.25) is 0 Å². The lowest BCUT2D eigenvalue weighted by Crippen LogP contribution is -2.25. The van der Waals surface area contributed by atoms with E-state index in [0.717, 1.165) is 29.7 Å². The predicted octanol–water partition coefficient (Wildman–Crippen LogP) is 1.35. The highest BCUT2D eigenvalue weighted by atomic mass is 16.2. The van der Waals surface area contributed by atoms with Gasteiger partial charge in [-0.15, -0.1) is 0 Å². The van der Waals surface area contributed by atoms with Gasteiger partial charge in [0.25, 0.3) is 5.91 Å². The zero-order chi connectivity index (χ0) is 15.5. The van der Waals surface area contributed by atoms with Crippen LogP contribution in [0.5, 0.6) is 0 Å². The average Bonchev–Trinajstić information content (AvgIpc) is 3.09. The first kappa shape index (κ1) is 14.2. The van der Waals surface area contributed by atoms with E-state index in [0.29, 0.717) is 12.2 Å². The van der Waals surface area contributed by atoms with Crippen molar-refractivity contribution in [2.24, 2.45) is 7.05 Å². The van der Waals surface area contributed by atoms with Gasteiger partial charge >= 0.3 is 0 Å². The molecule has 0 atom stereocenters. The van der Waals surface area contributed by atoms with E-state index in [2.05, 4.69) is 27.4 Å². The van der Waals surface area contributed by atoms with Gasteiger partial charge in [-0.25, -0.2) is 9.50 Å². The third-order valence-electron chi connectivity index (χ3n) is 3.46. The molecule has 0 aromatic carbocycles. The standard InChI is InChI=1S/C15H18N6O/c1-3-5-12-8-13(20(2)19-12)15(22)17-9-11-10-18-21-7-4-6-16-14(11)21/h4,6-8,10H,3,5,9H2,1-2H3,(H,17,22). The Morgan fingerprint density at radius 2 is 2.27 bits per heavy atom. The van der Waals surface area contributed by atoms with Gasteiger partial charge in [0.15, 0.2) is 5.65 Å². The van der Waals surface area contributed by atoms with Crippen molar-refractivity contribution in [2.45, 2.75) is 26.3 Å². The van der Waals surface area contributed by atoms with Crippen molar-refractivity contribution in [1.29, 1.82) is 0 Å². The summed E-state index contributed by atoms with van der Waals surface area (Å²) < 4.78 is 3.31. The van der Waals surface area contributed by atoms with Crippen LogP contribution in [0.4, 0.5) is 0 Å². The van der Waals surface area contributed by atoms with Gasteiger partial charge in [-0.05, 0) is 18.6 Å². The molecule has 0 unspecified atom stereocenters. The second kappa shape index (κ2) is 5.97. The van der Waals surface area contributed by atoms with Crippen LogP contribution in [0.1, 0.15) is 35.1 Å². The minimum Gasteiger partial charge on any atom is -0.346 e. The lowest BCUT2D eigenvalue weighted by molar-refractivity contribution is 0.0941. The summed E-state index contributed by atoms with van der Waals surface area (Å²) in [6.07, 6.45) is 7.13. The van der Waals surface area contributed by atoms with Crippen LogP contribution in [0.25, 0.3) is 5.65 Å². The number of carbonyl (C=O) groups excluding carboxylic acids is 1. The first-order chi connectivity index (χ1) is 10.7. The molecule has 22 heavy (non-hydrogen) atoms. The molecule has 0 aliphatic heterocycles. The SMILES string of the molecule is CCCc1cc(C(=O)NCc2cnn3cccnc23)n(C)n1. The van der Waals surface area contributed by atoms with E-state index in [9.17, 15) is 4.79 Å². The zero-order valence-electron chi connectivity index (χ0n) is 12.7. The predicted molar refractivity (Wildman–Crippen MR) is 81.4 cm³/mol. The summed E-state index contributed by atoms with van der Waals surface area (Å²) in [7, 11) is 1.78. The molecule has 0 bridgehead atoms. The second-order valence-electron chi connectivity index (χ2n) is 5.13. The van der Waals surface area contributed by atoms with E-state index < -0.39 is 0 Å². The fourth-order valence-corrected chi connectivity index (χ4v) is 2.38. The van der Waals surface area contributed by atoms with Gasteiger partial charge in [0, 0.05) is 31.5 Å². The van der Waals surface area contributed by atoms with Crippen LogP contribution in [0.3, 0.4) is 0 Å². The molecule has 3 aromatic heterocycles. The van der Waals surface area contributed by atoms with Crippen molar-refractivity contribution in [3.05, 3.63) is 47.7 Å². The lowest BCUT2D eigenvalue weighted by atomic mass is 10.2. The number of aryl methyl sites for hydroxylation is 2. The van der Waals surface area contributed by atoms with Crippen molar-refractivity contribution < 1.29 is 4.79 Å². The Kier molecular flexibility index (Phi) is 3.86. The van der Waals surface area contributed by atoms with Crippen molar-refractivity contribution in [2.75, 3.05) is 0 Å². The number of fused-ring (bicyclic) bond motifs is 1. The van der Waals surface area contributed by atoms with Gasteiger partial charge in [0.05, 0.1) is 11.9 Å². The molecule has 0 aliphatic rings. The van der Waals surface area contributed by atoms with E-state index in [1.807, 2.05) is 18.3 Å². The lowest BCUT2D eigenvalue weighted by Gasteiger charge is -2.03. The van der Waals surface area contributed by atoms with Crippen molar-refractivity contribution in [3.8, 4) is 0 Å². The Balaban J connectivity index is 1.72. The Bertz CT molecular complexity index is 803. The molecule has 0 aliphatic carbocycles. The van der Waals surface area contributed by atoms with E-state index in [-0.39, 0.29) is 5.91 Å². The van der Waals surface area contributed by atoms with Gasteiger partial charge in [0.1, 0.15) is 5.69 Å². The van der Waals surface area contributed by atoms with Gasteiger partial charge in [0.2, 0.25) is 0 Å². The smallest absolute Gasteiger partial charge is 0.269 e. The minimum atomic E-state index is -0.146. The summed E-state index contributed by atoms with van der Waals surface area (Å²) in [5.41, 5.74) is 3.13. The molecule has 1 amide bonds. The van der Waals surface area contributed by atoms with Crippen LogP contribution in [-0.2, 0) is 20.0 Å². The third kappa shape index (κ3) is 2.69. The van der Waals surface area contributed by atoms with E-state index in [4.69, 9.17) is 0 Å². The van der Waals surface area contributed by atoms with Gasteiger partial charge in [-0.3, -0.25) is 9.48 Å². The molecule has 0 radical (unpaired) electrons. The fourth-order valence-electron chi connectivity index (χ4n) is 2.38. The number of hydrogen-bond acceptors (Lipinski definition) is 4. The maximum atomic E-state index is 12.3. The minimum absolute atomic E-state index is 0.146. The molecule has 0 fully saturated rings. The number of nitrogens with one attached hydrogen (secondary N) is 1. The number of carbonyl (C=O) groups is 1. The van der Waals surface area contributed by atoms with E-state index in [1.165, 1.54) is 0 Å². The van der Waals surface area contributed by atoms with Gasteiger partial charge < -0.3 is 5.32 Å². The van der Waals surface area contributed by atoms with Crippen LogP contribution < -0.4 is 5.32 Å². The number of hydrogen-bond donors (Lipinski definition) is 1. The topological polar surface area (TPSA) is 77.1 Å². The molecule has 114 valence electrons. The summed E-state index contributed by atoms with van der Waals surface area (Å²) in [6.45, 7) is 2.47. The molecule has 3 aromatic rings.